The van der Waals surface area contributed by atoms with Gasteiger partial charge in [-0.25, -0.2) is 9.18 Å². The number of nitrogens with two attached hydrogens (primary N) is 1. The van der Waals surface area contributed by atoms with Crippen LogP contribution in [0.1, 0.15) is 59.8 Å². The van der Waals surface area contributed by atoms with Crippen LogP contribution in [0.3, 0.4) is 0 Å². The van der Waals surface area contributed by atoms with Gasteiger partial charge in [0.25, 0.3) is 0 Å². The SMILES string of the molecule is CC(C)(C)c1ccc(CC(C(N)=O)(c2ccc(F)cc2)N2CCCc3c(Cl)ccc(C(=O)O)c32)cc1. The number of benzene rings is 3. The molecule has 1 heterocycles. The molecule has 1 amide bonds. The van der Waals surface area contributed by atoms with E-state index in [0.29, 0.717) is 41.2 Å². The summed E-state index contributed by atoms with van der Waals surface area (Å²) < 4.78 is 13.9. The third-order valence-corrected chi connectivity index (χ3v) is 7.36. The zero-order chi connectivity index (χ0) is 26.3. The molecule has 5 nitrogen and oxygen atoms in total. The van der Waals surface area contributed by atoms with E-state index in [-0.39, 0.29) is 17.4 Å². The Morgan fingerprint density at radius 3 is 2.17 bits per heavy atom. The topological polar surface area (TPSA) is 83.6 Å². The Labute approximate surface area is 215 Å². The number of amides is 1. The van der Waals surface area contributed by atoms with Crippen molar-refractivity contribution in [3.05, 3.63) is 99.3 Å². The van der Waals surface area contributed by atoms with Gasteiger partial charge in [-0.05, 0) is 64.8 Å². The molecule has 0 fully saturated rings. The highest BCUT2D eigenvalue weighted by atomic mass is 35.5. The lowest BCUT2D eigenvalue weighted by atomic mass is 9.78. The molecule has 36 heavy (non-hydrogen) atoms. The zero-order valence-electron chi connectivity index (χ0n) is 20.6. The molecule has 7 heteroatoms. The summed E-state index contributed by atoms with van der Waals surface area (Å²) in [5, 5.41) is 10.5. The molecule has 1 aliphatic heterocycles. The quantitative estimate of drug-likeness (QED) is 0.437. The number of carbonyl (C=O) groups is 2. The number of aromatic carboxylic acids is 1. The number of nitrogens with zero attached hydrogens (tertiary/aromatic N) is 1. The zero-order valence-corrected chi connectivity index (χ0v) is 21.4. The number of carbonyl (C=O) groups excluding carboxylic acids is 1. The Balaban J connectivity index is 1.97. The smallest absolute Gasteiger partial charge is 0.337 e. The molecular formula is C29H30ClFN2O3. The lowest BCUT2D eigenvalue weighted by molar-refractivity contribution is -0.123. The van der Waals surface area contributed by atoms with Gasteiger partial charge in [0.2, 0.25) is 5.91 Å². The van der Waals surface area contributed by atoms with Crippen LogP contribution in [0.25, 0.3) is 0 Å². The maximum absolute atomic E-state index is 13.9. The van der Waals surface area contributed by atoms with Crippen molar-refractivity contribution in [2.75, 3.05) is 11.4 Å². The largest absolute Gasteiger partial charge is 0.478 e. The first-order chi connectivity index (χ1) is 16.9. The highest BCUT2D eigenvalue weighted by Crippen LogP contribution is 2.44. The van der Waals surface area contributed by atoms with E-state index in [2.05, 4.69) is 20.8 Å². The number of carboxylic acids is 1. The number of hydrogen-bond acceptors (Lipinski definition) is 3. The molecule has 3 N–H and O–H groups in total. The summed E-state index contributed by atoms with van der Waals surface area (Å²) in [7, 11) is 0. The van der Waals surface area contributed by atoms with E-state index in [9.17, 15) is 19.1 Å². The Hall–Kier alpha value is -3.38. The number of fused-ring (bicyclic) bond motifs is 1. The van der Waals surface area contributed by atoms with E-state index in [1.165, 1.54) is 18.2 Å². The summed E-state index contributed by atoms with van der Waals surface area (Å²) in [6, 6.07) is 16.7. The fourth-order valence-corrected chi connectivity index (χ4v) is 5.34. The number of halogens is 2. The number of carboxylic acid groups (broad SMARTS) is 1. The van der Waals surface area contributed by atoms with Crippen molar-refractivity contribution in [2.24, 2.45) is 5.73 Å². The fraction of sp³-hybridized carbons (Fsp3) is 0.310. The van der Waals surface area contributed by atoms with Gasteiger partial charge in [0, 0.05) is 18.0 Å². The van der Waals surface area contributed by atoms with Crippen LogP contribution in [0, 0.1) is 5.82 Å². The lowest BCUT2D eigenvalue weighted by Gasteiger charge is -2.47. The van der Waals surface area contributed by atoms with Gasteiger partial charge in [-0.3, -0.25) is 4.79 Å². The molecule has 188 valence electrons. The minimum Gasteiger partial charge on any atom is -0.478 e. The molecule has 0 saturated heterocycles. The van der Waals surface area contributed by atoms with Crippen LogP contribution >= 0.6 is 11.6 Å². The van der Waals surface area contributed by atoms with Crippen molar-refractivity contribution in [1.29, 1.82) is 0 Å². The number of primary amides is 1. The molecule has 0 aliphatic carbocycles. The van der Waals surface area contributed by atoms with Gasteiger partial charge in [-0.1, -0.05) is 68.8 Å². The van der Waals surface area contributed by atoms with Gasteiger partial charge in [0.05, 0.1) is 11.3 Å². The molecule has 1 unspecified atom stereocenters. The molecule has 0 spiro atoms. The molecule has 3 aromatic carbocycles. The molecule has 3 aromatic rings. The van der Waals surface area contributed by atoms with E-state index in [4.69, 9.17) is 17.3 Å². The first-order valence-electron chi connectivity index (χ1n) is 11.9. The highest BCUT2D eigenvalue weighted by Gasteiger charge is 2.47. The predicted octanol–water partition coefficient (Wildman–Crippen LogP) is 5.85. The second kappa shape index (κ2) is 9.58. The van der Waals surface area contributed by atoms with Crippen LogP contribution in [-0.2, 0) is 28.6 Å². The minimum absolute atomic E-state index is 0.0462. The van der Waals surface area contributed by atoms with Crippen LogP contribution in [0.5, 0.6) is 0 Å². The van der Waals surface area contributed by atoms with Crippen molar-refractivity contribution in [2.45, 2.75) is 51.0 Å². The van der Waals surface area contributed by atoms with Gasteiger partial charge in [0.15, 0.2) is 0 Å². The molecule has 0 saturated carbocycles. The van der Waals surface area contributed by atoms with Gasteiger partial charge in [-0.15, -0.1) is 0 Å². The summed E-state index contributed by atoms with van der Waals surface area (Å²) in [5.41, 5.74) is 8.24. The van der Waals surface area contributed by atoms with Crippen molar-refractivity contribution >= 4 is 29.2 Å². The summed E-state index contributed by atoms with van der Waals surface area (Å²) in [5.74, 6) is -2.22. The van der Waals surface area contributed by atoms with E-state index in [1.807, 2.05) is 24.3 Å². The van der Waals surface area contributed by atoms with Crippen molar-refractivity contribution in [3.63, 3.8) is 0 Å². The highest BCUT2D eigenvalue weighted by molar-refractivity contribution is 6.32. The Morgan fingerprint density at radius 2 is 1.61 bits per heavy atom. The van der Waals surface area contributed by atoms with E-state index in [0.717, 1.165) is 11.1 Å². The Morgan fingerprint density at radius 1 is 1.00 bits per heavy atom. The summed E-state index contributed by atoms with van der Waals surface area (Å²) in [4.78, 5) is 27.6. The van der Waals surface area contributed by atoms with E-state index < -0.39 is 23.2 Å². The van der Waals surface area contributed by atoms with E-state index in [1.54, 1.807) is 23.1 Å². The van der Waals surface area contributed by atoms with Crippen LogP contribution in [-0.4, -0.2) is 23.5 Å². The molecule has 1 atom stereocenters. The normalized spacial score (nSPS) is 15.2. The van der Waals surface area contributed by atoms with Crippen LogP contribution in [0.2, 0.25) is 5.02 Å². The Bertz CT molecular complexity index is 1300. The first kappa shape index (κ1) is 25.7. The van der Waals surface area contributed by atoms with Gasteiger partial charge < -0.3 is 15.7 Å². The van der Waals surface area contributed by atoms with Gasteiger partial charge in [-0.2, -0.15) is 0 Å². The van der Waals surface area contributed by atoms with Gasteiger partial charge in [0.1, 0.15) is 11.4 Å². The average molecular weight is 509 g/mol. The average Bonchev–Trinajstić information content (AvgIpc) is 2.82. The molecule has 0 radical (unpaired) electrons. The summed E-state index contributed by atoms with van der Waals surface area (Å²) >= 11 is 6.52. The van der Waals surface area contributed by atoms with E-state index >= 15 is 0 Å². The third-order valence-electron chi connectivity index (χ3n) is 7.00. The number of anilines is 1. The predicted molar refractivity (Wildman–Crippen MR) is 140 cm³/mol. The second-order valence-corrected chi connectivity index (χ2v) is 10.7. The lowest BCUT2D eigenvalue weighted by Crippen LogP contribution is -2.58. The first-order valence-corrected chi connectivity index (χ1v) is 12.3. The standard InChI is InChI=1S/C29H30ClFN2O3/c1-28(2,3)19-8-6-18(7-9-19)17-29(27(32)36,20-10-12-21(31)13-11-20)33-16-4-5-22-24(30)15-14-23(25(22)33)26(34)35/h6-15H,4-5,16-17H2,1-3H3,(H2,32,36)(H,34,35). The molecule has 0 bridgehead atoms. The second-order valence-electron chi connectivity index (χ2n) is 10.3. The molecule has 1 aliphatic rings. The molecular weight excluding hydrogens is 479 g/mol. The third kappa shape index (κ3) is 4.58. The maximum atomic E-state index is 13.9. The van der Waals surface area contributed by atoms with Crippen molar-refractivity contribution < 1.29 is 19.1 Å². The van der Waals surface area contributed by atoms with Crippen molar-refractivity contribution in [1.82, 2.24) is 0 Å². The van der Waals surface area contributed by atoms with Crippen molar-refractivity contribution in [3.8, 4) is 0 Å². The van der Waals surface area contributed by atoms with Crippen LogP contribution in [0.15, 0.2) is 60.7 Å². The maximum Gasteiger partial charge on any atom is 0.337 e. The van der Waals surface area contributed by atoms with Gasteiger partial charge >= 0.3 is 5.97 Å². The number of hydrogen-bond donors (Lipinski definition) is 2. The molecule has 0 aromatic heterocycles. The minimum atomic E-state index is -1.47. The fourth-order valence-electron chi connectivity index (χ4n) is 5.10. The monoisotopic (exact) mass is 508 g/mol. The van der Waals surface area contributed by atoms with Crippen LogP contribution < -0.4 is 10.6 Å². The molecule has 4 rings (SSSR count). The summed E-state index contributed by atoms with van der Waals surface area (Å²) in [6.45, 7) is 6.75. The number of rotatable bonds is 6. The van der Waals surface area contributed by atoms with Crippen LogP contribution in [0.4, 0.5) is 10.1 Å². The Kier molecular flexibility index (Phi) is 6.84. The summed E-state index contributed by atoms with van der Waals surface area (Å²) in [6.07, 6.45) is 1.39.